The molecule has 2 fully saturated rings. The van der Waals surface area contributed by atoms with Crippen molar-refractivity contribution < 1.29 is 111 Å². The molecule has 2 unspecified atom stereocenters. The minimum absolute atomic E-state index is 0. The second-order valence-electron chi connectivity index (χ2n) is 25.7. The van der Waals surface area contributed by atoms with E-state index in [1.807, 2.05) is 182 Å². The van der Waals surface area contributed by atoms with Crippen molar-refractivity contribution in [3.05, 3.63) is 249 Å². The first-order chi connectivity index (χ1) is 52.5. The average Bonchev–Trinajstić information content (AvgIpc) is 1.60. The number of fused-ring (bicyclic) bond motifs is 8. The summed E-state index contributed by atoms with van der Waals surface area (Å²) in [4.78, 5) is 71.0. The molecule has 0 saturated carbocycles. The molecule has 2 aliphatic heterocycles. The second kappa shape index (κ2) is 34.4. The van der Waals surface area contributed by atoms with Crippen LogP contribution in [0.25, 0.3) is 87.0 Å². The number of rotatable bonds is 17. The Bertz CT molecular complexity index is 5750. The fourth-order valence-corrected chi connectivity index (χ4v) is 13.3. The number of piperidine rings is 2. The number of esters is 2. The summed E-state index contributed by atoms with van der Waals surface area (Å²) in [5.74, 6) is 4.25. The third kappa shape index (κ3) is 17.6. The van der Waals surface area contributed by atoms with Crippen LogP contribution in [0.3, 0.4) is 0 Å². The molecule has 2 atom stereocenters. The van der Waals surface area contributed by atoms with Crippen LogP contribution in [0, 0.1) is 7.43 Å². The standard InChI is InChI=1S/2C24H19NO5.C23H20O5.C16H14O4.CH3.W/c2*1-28-16-3-2-4-17(12-16)30-18-6-5-14-11-22-20(10-15(14)9-18)21(13-29-22)19-7-8-23(26)25-24(19)27;1-3-26-23(24)12-17-14-27-22-11-15-7-8-20(9-16(15)10-21(17)22)28-19-6-4-5-18(13-19)25-2;1-2-19-16(18)8-12-9-20-15-7-10-3-4-13(17)5-11(10)6-14(12)15;;/h2*2-6,9-13,19H,7-8H2,1H3,(H,25,26,27);4-11,13-14H,3,12H2,1-2H3;3-7,9,17H,2,8H2,1H3;1H3;/q;;;;-1;. The van der Waals surface area contributed by atoms with E-state index in [1.165, 1.54) is 0 Å². The molecule has 2 aliphatic rings. The van der Waals surface area contributed by atoms with Crippen molar-refractivity contribution in [2.24, 2.45) is 0 Å². The van der Waals surface area contributed by atoms with Crippen LogP contribution in [0.2, 0.25) is 0 Å². The number of phenols is 1. The molecule has 21 nitrogen and oxygen atoms in total. The van der Waals surface area contributed by atoms with E-state index in [9.17, 15) is 33.9 Å². The zero-order valence-corrected chi connectivity index (χ0v) is 63.7. The van der Waals surface area contributed by atoms with Crippen molar-refractivity contribution in [2.75, 3.05) is 34.5 Å². The van der Waals surface area contributed by atoms with Crippen LogP contribution in [0.4, 0.5) is 0 Å². The molecule has 4 amide bonds. The molecular formula is C88H75N2O19W-. The molecule has 2 saturated heterocycles. The van der Waals surface area contributed by atoms with E-state index >= 15 is 0 Å². The predicted octanol–water partition coefficient (Wildman–Crippen LogP) is 19.2. The number of carbonyl (C=O) groups is 6. The van der Waals surface area contributed by atoms with Gasteiger partial charge in [-0.05, 0) is 203 Å². The summed E-state index contributed by atoms with van der Waals surface area (Å²) in [6, 6.07) is 60.7. The van der Waals surface area contributed by atoms with Crippen LogP contribution < -0.4 is 39.1 Å². The summed E-state index contributed by atoms with van der Waals surface area (Å²) in [5.41, 5.74) is 6.10. The van der Waals surface area contributed by atoms with Gasteiger partial charge in [0.15, 0.2) is 0 Å². The first kappa shape index (κ1) is 76.8. The first-order valence-electron chi connectivity index (χ1n) is 35.0. The summed E-state index contributed by atoms with van der Waals surface area (Å²) < 4.78 is 66.3. The van der Waals surface area contributed by atoms with Crippen molar-refractivity contribution in [1.82, 2.24) is 10.6 Å². The molecule has 11 aromatic carbocycles. The Hall–Kier alpha value is -12.9. The van der Waals surface area contributed by atoms with Crippen LogP contribution in [-0.2, 0) is 72.1 Å². The number of imide groups is 2. The minimum Gasteiger partial charge on any atom is -0.508 e. The van der Waals surface area contributed by atoms with E-state index < -0.39 is 11.8 Å². The summed E-state index contributed by atoms with van der Waals surface area (Å²) in [6.45, 7) is 4.30. The van der Waals surface area contributed by atoms with Crippen molar-refractivity contribution in [1.29, 1.82) is 0 Å². The molecular weight excluding hydrogens is 1570 g/mol. The Morgan fingerprint density at radius 2 is 0.709 bits per heavy atom. The maximum absolute atomic E-state index is 12.3. The minimum atomic E-state index is -0.391. The zero-order valence-electron chi connectivity index (χ0n) is 60.8. The molecule has 6 heterocycles. The molecule has 3 N–H and O–H groups in total. The van der Waals surface area contributed by atoms with Gasteiger partial charge in [0.05, 0.1) is 84.3 Å². The molecule has 0 aliphatic carbocycles. The molecule has 17 rings (SSSR count). The quantitative estimate of drug-likeness (QED) is 0.0434. The van der Waals surface area contributed by atoms with E-state index in [-0.39, 0.29) is 82.7 Å². The Balaban J connectivity index is 0.000000137. The Morgan fingerprint density at radius 3 is 1.06 bits per heavy atom. The monoisotopic (exact) mass is 1650 g/mol. The van der Waals surface area contributed by atoms with Gasteiger partial charge < -0.3 is 68.1 Å². The number of methoxy groups -OCH3 is 3. The number of carbonyl (C=O) groups excluding carboxylic acids is 6. The molecule has 0 bridgehead atoms. The fraction of sp³-hybridized carbons (Fsp3) is 0.170. The van der Waals surface area contributed by atoms with Gasteiger partial charge in [-0.2, -0.15) is 0 Å². The molecule has 22 heteroatoms. The van der Waals surface area contributed by atoms with Gasteiger partial charge in [-0.15, -0.1) is 0 Å². The molecule has 0 radical (unpaired) electrons. The Labute approximate surface area is 645 Å². The molecule has 4 aromatic heterocycles. The summed E-state index contributed by atoms with van der Waals surface area (Å²) in [6.07, 6.45) is 8.44. The van der Waals surface area contributed by atoms with E-state index in [1.54, 1.807) is 72.4 Å². The largest absolute Gasteiger partial charge is 0.508 e. The number of ether oxygens (including phenoxy) is 8. The topological polar surface area (TPSA) is 273 Å². The van der Waals surface area contributed by atoms with Gasteiger partial charge in [-0.1, -0.05) is 42.5 Å². The normalized spacial score (nSPS) is 13.9. The van der Waals surface area contributed by atoms with Gasteiger partial charge in [-0.3, -0.25) is 39.4 Å². The predicted molar refractivity (Wildman–Crippen MR) is 413 cm³/mol. The van der Waals surface area contributed by atoms with Gasteiger partial charge >= 0.3 is 11.9 Å². The van der Waals surface area contributed by atoms with Crippen LogP contribution >= 0.6 is 0 Å². The van der Waals surface area contributed by atoms with Crippen molar-refractivity contribution in [3.63, 3.8) is 0 Å². The van der Waals surface area contributed by atoms with Gasteiger partial charge in [0, 0.05) is 95.9 Å². The van der Waals surface area contributed by atoms with Crippen molar-refractivity contribution >= 4 is 123 Å². The third-order valence-corrected chi connectivity index (χ3v) is 18.6. The molecule has 110 heavy (non-hydrogen) atoms. The van der Waals surface area contributed by atoms with Crippen molar-refractivity contribution in [3.8, 4) is 57.5 Å². The van der Waals surface area contributed by atoms with Crippen LogP contribution in [-0.4, -0.2) is 75.2 Å². The number of benzene rings is 11. The van der Waals surface area contributed by atoms with Crippen LogP contribution in [0.5, 0.6) is 57.5 Å². The number of hydrogen-bond acceptors (Lipinski definition) is 19. The first-order valence-corrected chi connectivity index (χ1v) is 35.0. The molecule has 0 spiro atoms. The number of amides is 4. The number of aromatic hydroxyl groups is 1. The average molecular weight is 1650 g/mol. The summed E-state index contributed by atoms with van der Waals surface area (Å²) >= 11 is 0. The Kier molecular flexibility index (Phi) is 24.0. The third-order valence-electron chi connectivity index (χ3n) is 18.6. The van der Waals surface area contributed by atoms with E-state index in [4.69, 9.17) is 55.6 Å². The number of nitrogens with one attached hydrogen (secondary N) is 2. The van der Waals surface area contributed by atoms with E-state index in [2.05, 4.69) is 10.6 Å². The Morgan fingerprint density at radius 1 is 0.391 bits per heavy atom. The van der Waals surface area contributed by atoms with Gasteiger partial charge in [0.2, 0.25) is 23.6 Å². The summed E-state index contributed by atoms with van der Waals surface area (Å²) in [5, 5.41) is 25.8. The van der Waals surface area contributed by atoms with Crippen LogP contribution in [0.1, 0.15) is 73.6 Å². The number of phenolic OH excluding ortho intramolecular Hbond substituents is 1. The van der Waals surface area contributed by atoms with Crippen molar-refractivity contribution in [2.45, 2.75) is 64.2 Å². The smallest absolute Gasteiger partial charge is 0.310 e. The van der Waals surface area contributed by atoms with Gasteiger partial charge in [-0.25, -0.2) is 0 Å². The van der Waals surface area contributed by atoms with Gasteiger partial charge in [0.25, 0.3) is 0 Å². The van der Waals surface area contributed by atoms with Crippen LogP contribution in [0.15, 0.2) is 237 Å². The maximum Gasteiger partial charge on any atom is 0.310 e. The molecule has 558 valence electrons. The summed E-state index contributed by atoms with van der Waals surface area (Å²) in [7, 11) is 4.86. The van der Waals surface area contributed by atoms with E-state index in [0.29, 0.717) is 78.8 Å². The zero-order chi connectivity index (χ0) is 75.0. The number of furan rings is 4. The SMILES string of the molecule is CCOC(=O)Cc1coc2cc3ccc(O)cc3cc12.CCOC(=O)Cc1coc2cc3ccc(Oc4cccc(OC)c4)cc3cc12.COc1cccc(Oc2ccc3cc4occ(C5CCC(=O)NC5=O)c4cc3c2)c1.COc1cccc(Oc2ccc3cc4occ(C5CCC(=O)NC5=O)c4cc3c2)c1.[CH3-].[W]. The molecule has 15 aromatic rings. The van der Waals surface area contributed by atoms with Gasteiger partial charge in [0.1, 0.15) is 79.8 Å². The second-order valence-corrected chi connectivity index (χ2v) is 25.7. The van der Waals surface area contributed by atoms with E-state index in [0.717, 1.165) is 121 Å². The maximum atomic E-state index is 12.3. The fourth-order valence-electron chi connectivity index (χ4n) is 13.3. The number of hydrogen-bond donors (Lipinski definition) is 3.